The fourth-order valence-corrected chi connectivity index (χ4v) is 5.45. The van der Waals surface area contributed by atoms with E-state index in [1.165, 1.54) is 0 Å². The second-order valence-electron chi connectivity index (χ2n) is 10.8. The first-order chi connectivity index (χ1) is 17.8. The van der Waals surface area contributed by atoms with E-state index in [1.54, 1.807) is 11.2 Å². The first-order valence-electron chi connectivity index (χ1n) is 12.8. The van der Waals surface area contributed by atoms with E-state index < -0.39 is 8.07 Å². The van der Waals surface area contributed by atoms with Gasteiger partial charge in [0.1, 0.15) is 25.3 Å². The Hall–Kier alpha value is -3.44. The zero-order chi connectivity index (χ0) is 26.0. The number of hydrazone groups is 1. The van der Waals surface area contributed by atoms with Crippen LogP contribution >= 0.6 is 0 Å². The minimum atomic E-state index is -1.16. The number of carbonyl (C=O) groups excluding carboxylic acids is 1. The van der Waals surface area contributed by atoms with Crippen molar-refractivity contribution in [1.29, 1.82) is 0 Å². The molecule has 0 saturated carbocycles. The molecule has 1 fully saturated rings. The Morgan fingerprint density at radius 2 is 1.89 bits per heavy atom. The summed E-state index contributed by atoms with van der Waals surface area (Å²) in [6.07, 6.45) is 4.71. The van der Waals surface area contributed by atoms with Crippen LogP contribution in [0.5, 0.6) is 0 Å². The minimum Gasteiger partial charge on any atom is -0.445 e. The second-order valence-corrected chi connectivity index (χ2v) is 16.5. The van der Waals surface area contributed by atoms with Crippen LogP contribution in [0.4, 0.5) is 10.6 Å². The summed E-state index contributed by atoms with van der Waals surface area (Å²) in [6, 6.07) is 10.9. The second kappa shape index (κ2) is 10.5. The topological polar surface area (TPSA) is 111 Å². The quantitative estimate of drug-likeness (QED) is 0.352. The average Bonchev–Trinajstić information content (AvgIpc) is 3.27. The first-order valence-corrected chi connectivity index (χ1v) is 16.5. The lowest BCUT2D eigenvalue weighted by Crippen LogP contribution is -2.47. The van der Waals surface area contributed by atoms with Gasteiger partial charge in [-0.3, -0.25) is 0 Å². The van der Waals surface area contributed by atoms with Gasteiger partial charge in [0.2, 0.25) is 0 Å². The number of rotatable bonds is 8. The van der Waals surface area contributed by atoms with Gasteiger partial charge >= 0.3 is 6.09 Å². The van der Waals surface area contributed by atoms with Crippen molar-refractivity contribution in [2.75, 3.05) is 24.7 Å². The van der Waals surface area contributed by atoms with Crippen molar-refractivity contribution in [1.82, 2.24) is 19.4 Å². The molecule has 1 aromatic carbocycles. The number of nitrogens with zero attached hydrogens (tertiary/aromatic N) is 6. The summed E-state index contributed by atoms with van der Waals surface area (Å²) in [4.78, 5) is 23.5. The van der Waals surface area contributed by atoms with E-state index in [0.717, 1.165) is 53.5 Å². The molecule has 1 saturated heterocycles. The van der Waals surface area contributed by atoms with Gasteiger partial charge in [-0.25, -0.2) is 19.8 Å². The Kier molecular flexibility index (Phi) is 7.16. The molecule has 0 atom stereocenters. The molecule has 0 aliphatic carbocycles. The monoisotopic (exact) mass is 521 g/mol. The van der Waals surface area contributed by atoms with Gasteiger partial charge in [-0.05, 0) is 24.4 Å². The summed E-state index contributed by atoms with van der Waals surface area (Å²) < 4.78 is 13.5. The molecule has 2 aliphatic heterocycles. The van der Waals surface area contributed by atoms with E-state index >= 15 is 0 Å². The van der Waals surface area contributed by atoms with Crippen LogP contribution in [0.1, 0.15) is 24.0 Å². The summed E-state index contributed by atoms with van der Waals surface area (Å²) in [7, 11) is -1.16. The van der Waals surface area contributed by atoms with Gasteiger partial charge in [0.15, 0.2) is 11.7 Å². The van der Waals surface area contributed by atoms with Crippen molar-refractivity contribution in [2.24, 2.45) is 10.8 Å². The van der Waals surface area contributed by atoms with E-state index in [0.29, 0.717) is 25.7 Å². The zero-order valence-electron chi connectivity index (χ0n) is 21.8. The highest BCUT2D eigenvalue weighted by Crippen LogP contribution is 2.35. The van der Waals surface area contributed by atoms with Crippen molar-refractivity contribution in [3.63, 3.8) is 0 Å². The van der Waals surface area contributed by atoms with Crippen LogP contribution in [0, 0.1) is 0 Å². The fraction of sp³-hybridized carbons (Fsp3) is 0.462. The SMILES string of the molecule is C[Si](C)(C)CCOCn1cc2c3c(ncnc31)N(C1CCN(C(=O)OCc3ccccc3)CC1)N=C2N. The Morgan fingerprint density at radius 1 is 1.14 bits per heavy atom. The molecule has 2 N–H and O–H groups in total. The van der Waals surface area contributed by atoms with Crippen LogP contribution in [0.2, 0.25) is 25.7 Å². The Balaban J connectivity index is 1.24. The number of ether oxygens (including phenoxy) is 2. The van der Waals surface area contributed by atoms with Crippen LogP contribution in [-0.2, 0) is 22.8 Å². The Morgan fingerprint density at radius 3 is 2.62 bits per heavy atom. The number of anilines is 1. The molecule has 5 rings (SSSR count). The maximum absolute atomic E-state index is 12.6. The molecule has 3 aromatic rings. The fourth-order valence-electron chi connectivity index (χ4n) is 4.69. The number of nitrogens with two attached hydrogens (primary N) is 1. The molecule has 11 heteroatoms. The molecule has 37 heavy (non-hydrogen) atoms. The van der Waals surface area contributed by atoms with Crippen molar-refractivity contribution in [3.05, 3.63) is 54.0 Å². The van der Waals surface area contributed by atoms with Gasteiger partial charge in [-0.2, -0.15) is 5.10 Å². The summed E-state index contributed by atoms with van der Waals surface area (Å²) >= 11 is 0. The molecule has 4 heterocycles. The first kappa shape index (κ1) is 25.2. The average molecular weight is 522 g/mol. The van der Waals surface area contributed by atoms with E-state index in [-0.39, 0.29) is 18.7 Å². The third-order valence-electron chi connectivity index (χ3n) is 6.84. The number of amidine groups is 1. The summed E-state index contributed by atoms with van der Waals surface area (Å²) in [5.41, 5.74) is 9.01. The lowest BCUT2D eigenvalue weighted by molar-refractivity contribution is 0.0868. The highest BCUT2D eigenvalue weighted by molar-refractivity contribution is 6.76. The van der Waals surface area contributed by atoms with E-state index in [1.807, 2.05) is 46.1 Å². The third-order valence-corrected chi connectivity index (χ3v) is 8.55. The van der Waals surface area contributed by atoms with Crippen LogP contribution < -0.4 is 10.7 Å². The number of carbonyl (C=O) groups is 1. The van der Waals surface area contributed by atoms with Gasteiger partial charge in [0.05, 0.1) is 11.4 Å². The molecule has 10 nitrogen and oxygen atoms in total. The number of piperidine rings is 1. The predicted octanol–water partition coefficient (Wildman–Crippen LogP) is 3.99. The van der Waals surface area contributed by atoms with E-state index in [4.69, 9.17) is 20.3 Å². The van der Waals surface area contributed by atoms with Crippen LogP contribution in [-0.4, -0.2) is 65.2 Å². The number of amides is 1. The predicted molar refractivity (Wildman–Crippen MR) is 146 cm³/mol. The molecule has 196 valence electrons. The van der Waals surface area contributed by atoms with Crippen molar-refractivity contribution < 1.29 is 14.3 Å². The highest BCUT2D eigenvalue weighted by Gasteiger charge is 2.33. The maximum Gasteiger partial charge on any atom is 0.410 e. The van der Waals surface area contributed by atoms with Gasteiger partial charge in [-0.1, -0.05) is 50.0 Å². The van der Waals surface area contributed by atoms with Crippen LogP contribution in [0.25, 0.3) is 11.0 Å². The molecule has 0 radical (unpaired) electrons. The normalized spacial score (nSPS) is 16.2. The number of aromatic nitrogens is 3. The number of hydrogen-bond donors (Lipinski definition) is 1. The van der Waals surface area contributed by atoms with Crippen LogP contribution in [0.3, 0.4) is 0 Å². The Bertz CT molecular complexity index is 1280. The van der Waals surface area contributed by atoms with Gasteiger partial charge < -0.3 is 24.7 Å². The number of benzene rings is 1. The lowest BCUT2D eigenvalue weighted by atomic mass is 10.0. The molecule has 2 aliphatic rings. The summed E-state index contributed by atoms with van der Waals surface area (Å²) in [5.74, 6) is 1.19. The number of hydrogen-bond acceptors (Lipinski definition) is 8. The summed E-state index contributed by atoms with van der Waals surface area (Å²) in [6.45, 7) is 9.59. The molecule has 1 amide bonds. The minimum absolute atomic E-state index is 0.0688. The van der Waals surface area contributed by atoms with Crippen molar-refractivity contribution >= 4 is 36.9 Å². The summed E-state index contributed by atoms with van der Waals surface area (Å²) in [5, 5.41) is 7.52. The largest absolute Gasteiger partial charge is 0.445 e. The molecule has 2 aromatic heterocycles. The third kappa shape index (κ3) is 5.62. The standard InChI is InChI=1S/C26H35N7O3Si/c1-37(2,3)14-13-35-18-32-15-21-22-24(32)28-17-29-25(22)33(30-23(21)27)20-9-11-31(12-10-20)26(34)36-16-19-7-5-4-6-8-19/h4-8,15,17,20H,9-14,16,18H2,1-3H3,(H2,27,30). The highest BCUT2D eigenvalue weighted by atomic mass is 28.3. The maximum atomic E-state index is 12.6. The van der Waals surface area contributed by atoms with Gasteiger partial charge in [-0.15, -0.1) is 0 Å². The Labute approximate surface area is 218 Å². The van der Waals surface area contributed by atoms with Crippen molar-refractivity contribution in [3.8, 4) is 0 Å². The van der Waals surface area contributed by atoms with E-state index in [9.17, 15) is 4.79 Å². The van der Waals surface area contributed by atoms with Gasteiger partial charge in [0.25, 0.3) is 0 Å². The molecular formula is C26H35N7O3Si. The zero-order valence-corrected chi connectivity index (χ0v) is 22.8. The smallest absolute Gasteiger partial charge is 0.410 e. The van der Waals surface area contributed by atoms with Gasteiger partial charge in [0, 0.05) is 39.5 Å². The molecule has 0 spiro atoms. The number of likely N-dealkylation sites (tertiary alicyclic amines) is 1. The van der Waals surface area contributed by atoms with Crippen molar-refractivity contribution in [2.45, 2.75) is 57.9 Å². The molecular weight excluding hydrogens is 486 g/mol. The van der Waals surface area contributed by atoms with Crippen LogP contribution in [0.15, 0.2) is 48.0 Å². The molecule has 0 bridgehead atoms. The molecule has 0 unspecified atom stereocenters. The lowest BCUT2D eigenvalue weighted by Gasteiger charge is -2.37. The van der Waals surface area contributed by atoms with E-state index in [2.05, 4.69) is 29.6 Å².